The van der Waals surface area contributed by atoms with Crippen LogP contribution in [0.2, 0.25) is 0 Å². The van der Waals surface area contributed by atoms with Gasteiger partial charge in [-0.05, 0) is 26.2 Å². The fourth-order valence-corrected chi connectivity index (χ4v) is 5.53. The average molecular weight is 347 g/mol. The molecule has 0 nitrogen and oxygen atoms in total. The first-order chi connectivity index (χ1) is 8.44. The molecule has 0 aromatic heterocycles. The Morgan fingerprint density at radius 3 is 1.42 bits per heavy atom. The molecule has 0 heterocycles. The zero-order chi connectivity index (χ0) is 14.3. The van der Waals surface area contributed by atoms with E-state index in [1.54, 1.807) is 0 Å². The highest BCUT2D eigenvalue weighted by atomic mass is 79.9. The van der Waals surface area contributed by atoms with Gasteiger partial charge in [-0.1, -0.05) is 15.9 Å². The van der Waals surface area contributed by atoms with Crippen molar-refractivity contribution in [3.63, 3.8) is 0 Å². The molecule has 4 rings (SSSR count). The van der Waals surface area contributed by atoms with Crippen LogP contribution in [0, 0.1) is 5.41 Å². The number of rotatable bonds is 2. The van der Waals surface area contributed by atoms with Crippen LogP contribution in [0.25, 0.3) is 0 Å². The third-order valence-electron chi connectivity index (χ3n) is 5.07. The van der Waals surface area contributed by atoms with Crippen LogP contribution >= 0.6 is 15.9 Å². The lowest BCUT2D eigenvalue weighted by atomic mass is 9.44. The molecule has 4 aliphatic rings. The van der Waals surface area contributed by atoms with Crippen LogP contribution in [0.1, 0.15) is 45.4 Å². The van der Waals surface area contributed by atoms with Gasteiger partial charge in [0.2, 0.25) is 0 Å². The van der Waals surface area contributed by atoms with Gasteiger partial charge in [-0.25, -0.2) is 22.0 Å². The van der Waals surface area contributed by atoms with Gasteiger partial charge in [0.25, 0.3) is 5.92 Å². The molecule has 6 heteroatoms. The van der Waals surface area contributed by atoms with Gasteiger partial charge < -0.3 is 0 Å². The Morgan fingerprint density at radius 1 is 0.842 bits per heavy atom. The molecule has 0 unspecified atom stereocenters. The van der Waals surface area contributed by atoms with E-state index in [0.717, 1.165) is 0 Å². The molecule has 4 aliphatic carbocycles. The normalized spacial score (nSPS) is 54.5. The summed E-state index contributed by atoms with van der Waals surface area (Å²) >= 11 is 2.82. The van der Waals surface area contributed by atoms with Gasteiger partial charge in [0, 0.05) is 24.7 Å². The van der Waals surface area contributed by atoms with Crippen LogP contribution in [0.5, 0.6) is 0 Å². The van der Waals surface area contributed by atoms with Gasteiger partial charge in [0.1, 0.15) is 17.0 Å². The van der Waals surface area contributed by atoms with Crippen molar-refractivity contribution in [3.05, 3.63) is 0 Å². The predicted molar refractivity (Wildman–Crippen MR) is 65.0 cm³/mol. The largest absolute Gasteiger partial charge is 0.265 e. The first-order valence-electron chi connectivity index (χ1n) is 6.52. The summed E-state index contributed by atoms with van der Waals surface area (Å²) < 4.78 is 72.7. The smallest absolute Gasteiger partial charge is 0.244 e. The number of hydrogen-bond donors (Lipinski definition) is 0. The topological polar surface area (TPSA) is 0 Å². The SMILES string of the molecule is C[C@H](Br)C(F)(F)C12CC3(F)CC(F)(CC(F)(C3)C1)C2. The highest BCUT2D eigenvalue weighted by molar-refractivity contribution is 9.09. The molecule has 4 fully saturated rings. The summed E-state index contributed by atoms with van der Waals surface area (Å²) in [7, 11) is 0. The Morgan fingerprint density at radius 2 is 1.16 bits per heavy atom. The zero-order valence-corrected chi connectivity index (χ0v) is 12.2. The van der Waals surface area contributed by atoms with E-state index in [1.165, 1.54) is 6.92 Å². The van der Waals surface area contributed by atoms with Crippen molar-refractivity contribution < 1.29 is 22.0 Å². The molecule has 0 aromatic rings. The molecule has 0 radical (unpaired) electrons. The minimum Gasteiger partial charge on any atom is -0.244 e. The van der Waals surface area contributed by atoms with Crippen molar-refractivity contribution >= 4 is 15.9 Å². The molecule has 0 aliphatic heterocycles. The fourth-order valence-electron chi connectivity index (χ4n) is 5.05. The maximum Gasteiger partial charge on any atom is 0.265 e. The van der Waals surface area contributed by atoms with Crippen molar-refractivity contribution in [3.8, 4) is 0 Å². The Bertz CT molecular complexity index is 368. The van der Waals surface area contributed by atoms with Crippen molar-refractivity contribution in [1.29, 1.82) is 0 Å². The molecule has 4 saturated carbocycles. The van der Waals surface area contributed by atoms with Gasteiger partial charge in [0.15, 0.2) is 0 Å². The van der Waals surface area contributed by atoms with E-state index < -0.39 is 71.7 Å². The van der Waals surface area contributed by atoms with E-state index in [0.29, 0.717) is 0 Å². The summed E-state index contributed by atoms with van der Waals surface area (Å²) in [6, 6.07) is 0. The average Bonchev–Trinajstić information content (AvgIpc) is 2.08. The van der Waals surface area contributed by atoms with Crippen LogP contribution in [0.4, 0.5) is 22.0 Å². The second-order valence-electron chi connectivity index (χ2n) is 7.03. The van der Waals surface area contributed by atoms with Gasteiger partial charge in [-0.15, -0.1) is 0 Å². The van der Waals surface area contributed by atoms with Crippen LogP contribution in [-0.2, 0) is 0 Å². The molecule has 0 spiro atoms. The second kappa shape index (κ2) is 3.47. The van der Waals surface area contributed by atoms with Crippen LogP contribution < -0.4 is 0 Å². The summed E-state index contributed by atoms with van der Waals surface area (Å²) in [6.07, 6.45) is -2.58. The first-order valence-corrected chi connectivity index (χ1v) is 7.44. The van der Waals surface area contributed by atoms with Crippen LogP contribution in [-0.4, -0.2) is 27.8 Å². The molecule has 0 N–H and O–H groups in total. The van der Waals surface area contributed by atoms with E-state index in [9.17, 15) is 22.0 Å². The fraction of sp³-hybridized carbons (Fsp3) is 1.00. The summed E-state index contributed by atoms with van der Waals surface area (Å²) in [5, 5.41) is 0. The van der Waals surface area contributed by atoms with Gasteiger partial charge in [-0.2, -0.15) is 0 Å². The quantitative estimate of drug-likeness (QED) is 0.492. The Kier molecular flexibility index (Phi) is 2.58. The minimum atomic E-state index is -3.32. The van der Waals surface area contributed by atoms with Crippen molar-refractivity contribution in [2.75, 3.05) is 0 Å². The molecule has 110 valence electrons. The van der Waals surface area contributed by atoms with Gasteiger partial charge in [-0.3, -0.25) is 0 Å². The molecule has 19 heavy (non-hydrogen) atoms. The second-order valence-corrected chi connectivity index (χ2v) is 8.41. The molecule has 4 bridgehead atoms. The summed E-state index contributed by atoms with van der Waals surface area (Å²) in [4.78, 5) is -1.23. The van der Waals surface area contributed by atoms with E-state index >= 15 is 0 Å². The summed E-state index contributed by atoms with van der Waals surface area (Å²) in [6.45, 7) is 1.25. The molecular formula is C13H16BrF5. The highest BCUT2D eigenvalue weighted by Gasteiger charge is 2.76. The van der Waals surface area contributed by atoms with E-state index in [-0.39, 0.29) is 0 Å². The molecule has 0 aromatic carbocycles. The van der Waals surface area contributed by atoms with Crippen molar-refractivity contribution in [2.24, 2.45) is 5.41 Å². The van der Waals surface area contributed by atoms with E-state index in [2.05, 4.69) is 15.9 Å². The first kappa shape index (κ1) is 14.1. The number of halogens is 6. The lowest BCUT2D eigenvalue weighted by molar-refractivity contribution is -0.278. The van der Waals surface area contributed by atoms with Crippen LogP contribution in [0.3, 0.4) is 0 Å². The lowest BCUT2D eigenvalue weighted by Gasteiger charge is -2.64. The summed E-state index contributed by atoms with van der Waals surface area (Å²) in [5.41, 5.74) is -8.26. The molecule has 1 atom stereocenters. The maximum absolute atomic E-state index is 14.6. The Labute approximate surface area is 117 Å². The third kappa shape index (κ3) is 1.80. The van der Waals surface area contributed by atoms with E-state index in [4.69, 9.17) is 0 Å². The number of alkyl halides is 6. The van der Waals surface area contributed by atoms with Gasteiger partial charge in [0.05, 0.1) is 4.83 Å². The third-order valence-corrected chi connectivity index (χ3v) is 5.65. The standard InChI is InChI=1S/C13H16BrF5/c1-8(14)13(18,19)9-2-10(15)5-11(16,3-9)7-12(17,4-9)6-10/h8H,2-7H2,1H3/t8-,9?,10?,11?,12?/m0/s1. The Hall–Kier alpha value is 0.130. The number of hydrogen-bond acceptors (Lipinski definition) is 0. The van der Waals surface area contributed by atoms with E-state index in [1.807, 2.05) is 0 Å². The van der Waals surface area contributed by atoms with Crippen molar-refractivity contribution in [1.82, 2.24) is 0 Å². The Balaban J connectivity index is 2.09. The monoisotopic (exact) mass is 346 g/mol. The maximum atomic E-state index is 14.6. The lowest BCUT2D eigenvalue weighted by Crippen LogP contribution is -2.70. The molecule has 0 amide bonds. The van der Waals surface area contributed by atoms with Crippen LogP contribution in [0.15, 0.2) is 0 Å². The predicted octanol–water partition coefficient (Wildman–Crippen LogP) is 4.90. The molecule has 0 saturated heterocycles. The molecular weight excluding hydrogens is 331 g/mol. The zero-order valence-electron chi connectivity index (χ0n) is 10.6. The highest BCUT2D eigenvalue weighted by Crippen LogP contribution is 2.72. The minimum absolute atomic E-state index is 0.430. The summed E-state index contributed by atoms with van der Waals surface area (Å²) in [5.74, 6) is -3.32. The van der Waals surface area contributed by atoms with Crippen molar-refractivity contribution in [2.45, 2.75) is 73.2 Å². The van der Waals surface area contributed by atoms with Gasteiger partial charge >= 0.3 is 0 Å².